The van der Waals surface area contributed by atoms with Crippen molar-refractivity contribution in [2.75, 3.05) is 11.9 Å². The highest BCUT2D eigenvalue weighted by atomic mass is 79.9. The van der Waals surface area contributed by atoms with Crippen LogP contribution in [0, 0.1) is 0 Å². The number of carbonyl (C=O) groups is 2. The highest BCUT2D eigenvalue weighted by Crippen LogP contribution is 2.22. The maximum absolute atomic E-state index is 11.9. The number of anilines is 1. The third-order valence-electron chi connectivity index (χ3n) is 3.70. The van der Waals surface area contributed by atoms with E-state index in [1.165, 1.54) is 24.3 Å². The van der Waals surface area contributed by atoms with Crippen molar-refractivity contribution in [1.82, 2.24) is 0 Å². The number of hydrogen-bond acceptors (Lipinski definition) is 7. The fraction of sp³-hybridized carbons (Fsp3) is 0.150. The van der Waals surface area contributed by atoms with Crippen LogP contribution in [-0.4, -0.2) is 18.7 Å². The third kappa shape index (κ3) is 5.58. The number of hydrogen-bond donors (Lipinski definition) is 1. The Morgan fingerprint density at radius 2 is 1.97 bits per heavy atom. The van der Waals surface area contributed by atoms with Crippen molar-refractivity contribution < 1.29 is 27.9 Å². The van der Waals surface area contributed by atoms with E-state index in [0.29, 0.717) is 27.1 Å². The number of furan rings is 1. The Labute approximate surface area is 173 Å². The topological polar surface area (TPSA) is 108 Å². The van der Waals surface area contributed by atoms with Gasteiger partial charge in [0.1, 0.15) is 18.0 Å². The summed E-state index contributed by atoms with van der Waals surface area (Å²) in [6.07, 6.45) is 2.08. The summed E-state index contributed by atoms with van der Waals surface area (Å²) in [5.41, 5.74) is 0.517. The number of rotatable bonds is 6. The summed E-state index contributed by atoms with van der Waals surface area (Å²) in [5, 5.41) is 3.10. The predicted octanol–water partition coefficient (Wildman–Crippen LogP) is 4.47. The van der Waals surface area contributed by atoms with Gasteiger partial charge in [-0.05, 0) is 53.2 Å². The van der Waals surface area contributed by atoms with Crippen molar-refractivity contribution in [3.05, 3.63) is 68.9 Å². The Balaban J connectivity index is 1.73. The van der Waals surface area contributed by atoms with Gasteiger partial charge in [0.2, 0.25) is 0 Å². The third-order valence-corrected chi connectivity index (χ3v) is 4.13. The van der Waals surface area contributed by atoms with Crippen molar-refractivity contribution in [3.8, 4) is 0 Å². The second-order valence-corrected chi connectivity index (χ2v) is 6.51. The molecule has 0 radical (unpaired) electrons. The molecular weight excluding hydrogens is 446 g/mol. The summed E-state index contributed by atoms with van der Waals surface area (Å²) in [6.45, 7) is 1.79. The first kappa shape index (κ1) is 20.4. The van der Waals surface area contributed by atoms with Crippen LogP contribution in [-0.2, 0) is 20.9 Å². The molecule has 8 nitrogen and oxygen atoms in total. The van der Waals surface area contributed by atoms with Crippen LogP contribution in [0.25, 0.3) is 17.0 Å². The van der Waals surface area contributed by atoms with E-state index in [0.717, 1.165) is 0 Å². The molecule has 3 rings (SSSR count). The number of benzene rings is 1. The molecule has 2 aromatic heterocycles. The number of fused-ring (bicyclic) bond motifs is 1. The molecule has 0 saturated carbocycles. The smallest absolute Gasteiger partial charge is 0.411 e. The average molecular weight is 462 g/mol. The maximum atomic E-state index is 11.9. The van der Waals surface area contributed by atoms with Gasteiger partial charge in [0.25, 0.3) is 0 Å². The number of carbonyl (C=O) groups excluding carboxylic acids is 2. The zero-order valence-electron chi connectivity index (χ0n) is 15.3. The van der Waals surface area contributed by atoms with Gasteiger partial charge in [-0.3, -0.25) is 5.32 Å². The molecule has 0 aliphatic rings. The molecule has 0 saturated heterocycles. The van der Waals surface area contributed by atoms with E-state index in [1.807, 2.05) is 0 Å². The van der Waals surface area contributed by atoms with E-state index in [9.17, 15) is 14.4 Å². The van der Waals surface area contributed by atoms with Gasteiger partial charge < -0.3 is 18.3 Å². The average Bonchev–Trinajstić information content (AvgIpc) is 3.09. The van der Waals surface area contributed by atoms with Crippen LogP contribution in [0.1, 0.15) is 18.2 Å². The molecule has 29 heavy (non-hydrogen) atoms. The summed E-state index contributed by atoms with van der Waals surface area (Å²) in [6, 6.07) is 9.41. The molecule has 1 N–H and O–H groups in total. The normalized spacial score (nSPS) is 11.0. The van der Waals surface area contributed by atoms with Gasteiger partial charge in [0, 0.05) is 34.8 Å². The van der Waals surface area contributed by atoms with E-state index in [2.05, 4.69) is 21.2 Å². The number of halogens is 1. The molecule has 0 unspecified atom stereocenters. The first-order chi connectivity index (χ1) is 13.9. The fourth-order valence-corrected chi connectivity index (χ4v) is 2.80. The van der Waals surface area contributed by atoms with Crippen LogP contribution in [0.3, 0.4) is 0 Å². The number of ether oxygens (including phenoxy) is 2. The second kappa shape index (κ2) is 9.24. The lowest BCUT2D eigenvalue weighted by Crippen LogP contribution is -2.13. The van der Waals surface area contributed by atoms with Gasteiger partial charge in [-0.25, -0.2) is 14.4 Å². The highest BCUT2D eigenvalue weighted by molar-refractivity contribution is 9.10. The van der Waals surface area contributed by atoms with Crippen molar-refractivity contribution >= 4 is 50.7 Å². The van der Waals surface area contributed by atoms with Gasteiger partial charge in [-0.1, -0.05) is 0 Å². The first-order valence-electron chi connectivity index (χ1n) is 8.55. The molecule has 0 aliphatic carbocycles. The monoisotopic (exact) mass is 461 g/mol. The standard InChI is InChI=1S/C20H16BrNO7/c1-2-26-20(25)22-13-3-6-15-12(9-19(24)29-16(15)10-13)11-27-18(23)8-5-14-4-7-17(21)28-14/h3-10H,2,11H2,1H3,(H,22,25)/b8-5+. The minimum Gasteiger partial charge on any atom is -0.458 e. The van der Waals surface area contributed by atoms with E-state index in [-0.39, 0.29) is 18.8 Å². The summed E-state index contributed by atoms with van der Waals surface area (Å²) >= 11 is 3.17. The Bertz CT molecular complexity index is 1130. The van der Waals surface area contributed by atoms with Crippen LogP contribution in [0.2, 0.25) is 0 Å². The largest absolute Gasteiger partial charge is 0.458 e. The highest BCUT2D eigenvalue weighted by Gasteiger charge is 2.10. The number of esters is 1. The lowest BCUT2D eigenvalue weighted by molar-refractivity contribution is -0.138. The van der Waals surface area contributed by atoms with Crippen molar-refractivity contribution in [1.29, 1.82) is 0 Å². The second-order valence-electron chi connectivity index (χ2n) is 5.73. The minimum atomic E-state index is -0.616. The van der Waals surface area contributed by atoms with Gasteiger partial charge in [-0.15, -0.1) is 0 Å². The van der Waals surface area contributed by atoms with E-state index >= 15 is 0 Å². The molecule has 150 valence electrons. The van der Waals surface area contributed by atoms with Gasteiger partial charge in [0.05, 0.1) is 6.61 Å². The first-order valence-corrected chi connectivity index (χ1v) is 9.34. The van der Waals surface area contributed by atoms with Gasteiger partial charge >= 0.3 is 17.7 Å². The Kier molecular flexibility index (Phi) is 6.50. The van der Waals surface area contributed by atoms with Crippen LogP contribution >= 0.6 is 15.9 Å². The maximum Gasteiger partial charge on any atom is 0.411 e. The summed E-state index contributed by atoms with van der Waals surface area (Å²) in [5.74, 6) is -0.110. The van der Waals surface area contributed by atoms with Gasteiger partial charge in [-0.2, -0.15) is 0 Å². The number of amides is 1. The molecule has 9 heteroatoms. The van der Waals surface area contributed by atoms with Crippen LogP contribution < -0.4 is 10.9 Å². The van der Waals surface area contributed by atoms with E-state index < -0.39 is 17.7 Å². The van der Waals surface area contributed by atoms with Gasteiger partial charge in [0.15, 0.2) is 4.67 Å². The molecule has 1 aromatic carbocycles. The lowest BCUT2D eigenvalue weighted by atomic mass is 10.1. The number of nitrogens with one attached hydrogen (secondary N) is 1. The molecule has 1 amide bonds. The fourth-order valence-electron chi connectivity index (χ4n) is 2.48. The molecule has 0 atom stereocenters. The molecule has 3 aromatic rings. The molecule has 0 bridgehead atoms. The zero-order valence-corrected chi connectivity index (χ0v) is 16.9. The predicted molar refractivity (Wildman–Crippen MR) is 108 cm³/mol. The molecule has 0 spiro atoms. The SMILES string of the molecule is CCOC(=O)Nc1ccc2c(COC(=O)/C=C/c3ccc(Br)o3)cc(=O)oc2c1. The molecule has 0 aliphatic heterocycles. The molecule has 0 fully saturated rings. The molecule has 2 heterocycles. The summed E-state index contributed by atoms with van der Waals surface area (Å²) < 4.78 is 21.0. The Hall–Kier alpha value is -3.33. The zero-order chi connectivity index (χ0) is 20.8. The van der Waals surface area contributed by atoms with Crippen molar-refractivity contribution in [2.45, 2.75) is 13.5 Å². The van der Waals surface area contributed by atoms with Crippen LogP contribution in [0.5, 0.6) is 0 Å². The van der Waals surface area contributed by atoms with E-state index in [4.69, 9.17) is 18.3 Å². The molecular formula is C20H16BrNO7. The minimum absolute atomic E-state index is 0.127. The quantitative estimate of drug-likeness (QED) is 0.327. The van der Waals surface area contributed by atoms with E-state index in [1.54, 1.807) is 31.2 Å². The Morgan fingerprint density at radius 1 is 1.14 bits per heavy atom. The summed E-state index contributed by atoms with van der Waals surface area (Å²) in [4.78, 5) is 35.3. The van der Waals surface area contributed by atoms with Crippen molar-refractivity contribution in [3.63, 3.8) is 0 Å². The van der Waals surface area contributed by atoms with Crippen LogP contribution in [0.15, 0.2) is 60.8 Å². The van der Waals surface area contributed by atoms with Crippen LogP contribution in [0.4, 0.5) is 10.5 Å². The lowest BCUT2D eigenvalue weighted by Gasteiger charge is -2.08. The summed E-state index contributed by atoms with van der Waals surface area (Å²) in [7, 11) is 0. The van der Waals surface area contributed by atoms with Crippen molar-refractivity contribution in [2.24, 2.45) is 0 Å². The Morgan fingerprint density at radius 3 is 2.69 bits per heavy atom.